The molecule has 5 heteroatoms. The highest BCUT2D eigenvalue weighted by Gasteiger charge is 2.13. The van der Waals surface area contributed by atoms with Gasteiger partial charge < -0.3 is 10.2 Å². The van der Waals surface area contributed by atoms with E-state index >= 15 is 0 Å². The van der Waals surface area contributed by atoms with Crippen LogP contribution in [-0.4, -0.2) is 24.9 Å². The summed E-state index contributed by atoms with van der Waals surface area (Å²) in [6.07, 6.45) is 0. The number of benzene rings is 2. The predicted octanol–water partition coefficient (Wildman–Crippen LogP) is 3.90. The maximum atomic E-state index is 13.8. The molecule has 0 fully saturated rings. The van der Waals surface area contributed by atoms with Crippen LogP contribution in [0.15, 0.2) is 46.9 Å². The number of hydrogen-bond acceptors (Lipinski definition) is 2. The minimum absolute atomic E-state index is 0.0155. The Kier molecular flexibility index (Phi) is 5.09. The van der Waals surface area contributed by atoms with E-state index in [9.17, 15) is 9.18 Å². The fourth-order valence-electron chi connectivity index (χ4n) is 1.94. The van der Waals surface area contributed by atoms with E-state index in [1.165, 1.54) is 6.07 Å². The first-order valence-electron chi connectivity index (χ1n) is 6.46. The molecule has 0 aliphatic carbocycles. The summed E-state index contributed by atoms with van der Waals surface area (Å²) >= 11 is 3.07. The first-order valence-corrected chi connectivity index (χ1v) is 7.25. The second kappa shape index (κ2) is 6.83. The Morgan fingerprint density at radius 2 is 1.86 bits per heavy atom. The third-order valence-corrected chi connectivity index (χ3v) is 3.52. The van der Waals surface area contributed by atoms with E-state index in [2.05, 4.69) is 26.1 Å². The Morgan fingerprint density at radius 1 is 1.19 bits per heavy atom. The average Bonchev–Trinajstić information content (AvgIpc) is 2.43. The van der Waals surface area contributed by atoms with Crippen LogP contribution in [0.4, 0.5) is 10.1 Å². The number of carbonyl (C=O) groups is 1. The Bertz CT molecular complexity index is 641. The zero-order chi connectivity index (χ0) is 15.4. The van der Waals surface area contributed by atoms with Crippen molar-refractivity contribution in [3.05, 3.63) is 63.9 Å². The van der Waals surface area contributed by atoms with Crippen molar-refractivity contribution in [1.82, 2.24) is 4.90 Å². The van der Waals surface area contributed by atoms with Crippen molar-refractivity contribution in [1.29, 1.82) is 0 Å². The first kappa shape index (κ1) is 15.7. The van der Waals surface area contributed by atoms with E-state index in [4.69, 9.17) is 0 Å². The Hall–Kier alpha value is -1.72. The van der Waals surface area contributed by atoms with E-state index < -0.39 is 11.7 Å². The number of carbonyl (C=O) groups excluding carboxylic acids is 1. The fraction of sp³-hybridized carbons (Fsp3) is 0.188. The van der Waals surface area contributed by atoms with Gasteiger partial charge in [0, 0.05) is 12.2 Å². The monoisotopic (exact) mass is 350 g/mol. The van der Waals surface area contributed by atoms with Crippen molar-refractivity contribution in [3.8, 4) is 0 Å². The van der Waals surface area contributed by atoms with Gasteiger partial charge in [0.1, 0.15) is 5.82 Å². The third kappa shape index (κ3) is 4.12. The number of halogens is 2. The molecule has 0 aromatic heterocycles. The molecule has 1 amide bonds. The molecule has 0 unspecified atom stereocenters. The molecule has 0 radical (unpaired) electrons. The molecule has 0 aliphatic rings. The van der Waals surface area contributed by atoms with Crippen LogP contribution in [0, 0.1) is 5.82 Å². The van der Waals surface area contributed by atoms with Gasteiger partial charge in [-0.05, 0) is 59.9 Å². The molecule has 2 aromatic carbocycles. The SMILES string of the molecule is CN(C)Cc1ccc(NC(=O)c2cccc(Br)c2F)cc1. The molecule has 0 saturated heterocycles. The molecule has 0 aliphatic heterocycles. The third-order valence-electron chi connectivity index (χ3n) is 2.91. The molecular formula is C16H16BrFN2O. The van der Waals surface area contributed by atoms with Gasteiger partial charge in [-0.25, -0.2) is 4.39 Å². The second-order valence-corrected chi connectivity index (χ2v) is 5.84. The minimum Gasteiger partial charge on any atom is -0.322 e. The summed E-state index contributed by atoms with van der Waals surface area (Å²) in [6.45, 7) is 0.828. The number of nitrogens with zero attached hydrogens (tertiary/aromatic N) is 1. The normalized spacial score (nSPS) is 10.7. The highest BCUT2D eigenvalue weighted by molar-refractivity contribution is 9.10. The second-order valence-electron chi connectivity index (χ2n) is 4.99. The van der Waals surface area contributed by atoms with E-state index in [0.29, 0.717) is 5.69 Å². The molecule has 21 heavy (non-hydrogen) atoms. The zero-order valence-corrected chi connectivity index (χ0v) is 13.4. The Morgan fingerprint density at radius 3 is 2.48 bits per heavy atom. The van der Waals surface area contributed by atoms with Crippen LogP contribution >= 0.6 is 15.9 Å². The average molecular weight is 351 g/mol. The number of rotatable bonds is 4. The van der Waals surface area contributed by atoms with Gasteiger partial charge in [-0.15, -0.1) is 0 Å². The lowest BCUT2D eigenvalue weighted by Gasteiger charge is -2.11. The summed E-state index contributed by atoms with van der Waals surface area (Å²) < 4.78 is 14.1. The van der Waals surface area contributed by atoms with Gasteiger partial charge in [0.05, 0.1) is 10.0 Å². The quantitative estimate of drug-likeness (QED) is 0.906. The molecule has 0 atom stereocenters. The molecule has 2 aromatic rings. The van der Waals surface area contributed by atoms with Crippen LogP contribution in [0.3, 0.4) is 0 Å². The van der Waals surface area contributed by atoms with Gasteiger partial charge in [0.15, 0.2) is 0 Å². The van der Waals surface area contributed by atoms with E-state index in [1.54, 1.807) is 12.1 Å². The maximum absolute atomic E-state index is 13.8. The summed E-state index contributed by atoms with van der Waals surface area (Å²) in [6, 6.07) is 12.1. The van der Waals surface area contributed by atoms with Crippen molar-refractivity contribution in [3.63, 3.8) is 0 Å². The lowest BCUT2D eigenvalue weighted by Crippen LogP contribution is -2.14. The predicted molar refractivity (Wildman–Crippen MR) is 85.9 cm³/mol. The van der Waals surface area contributed by atoms with Crippen LogP contribution in [0.1, 0.15) is 15.9 Å². The molecular weight excluding hydrogens is 335 g/mol. The Balaban J connectivity index is 2.11. The van der Waals surface area contributed by atoms with Crippen molar-refractivity contribution < 1.29 is 9.18 Å². The van der Waals surface area contributed by atoms with Gasteiger partial charge in [-0.1, -0.05) is 18.2 Å². The van der Waals surface area contributed by atoms with Crippen LogP contribution in [0.25, 0.3) is 0 Å². The number of nitrogens with one attached hydrogen (secondary N) is 1. The van der Waals surface area contributed by atoms with E-state index in [1.807, 2.05) is 38.4 Å². The first-order chi connectivity index (χ1) is 9.97. The van der Waals surface area contributed by atoms with Crippen LogP contribution < -0.4 is 5.32 Å². The standard InChI is InChI=1S/C16H16BrFN2O/c1-20(2)10-11-6-8-12(9-7-11)19-16(21)13-4-3-5-14(17)15(13)18/h3-9H,10H2,1-2H3,(H,19,21). The number of anilines is 1. The van der Waals surface area contributed by atoms with E-state index in [0.717, 1.165) is 12.1 Å². The van der Waals surface area contributed by atoms with Crippen LogP contribution in [0.5, 0.6) is 0 Å². The van der Waals surface area contributed by atoms with Gasteiger partial charge in [0.2, 0.25) is 0 Å². The summed E-state index contributed by atoms with van der Waals surface area (Å²) in [5.41, 5.74) is 1.80. The topological polar surface area (TPSA) is 32.3 Å². The summed E-state index contributed by atoms with van der Waals surface area (Å²) in [5, 5.41) is 2.69. The summed E-state index contributed by atoms with van der Waals surface area (Å²) in [5.74, 6) is -1.02. The number of amides is 1. The van der Waals surface area contributed by atoms with Crippen LogP contribution in [0.2, 0.25) is 0 Å². The van der Waals surface area contributed by atoms with E-state index in [-0.39, 0.29) is 10.0 Å². The molecule has 110 valence electrons. The Labute approximate surface area is 131 Å². The van der Waals surface area contributed by atoms with Gasteiger partial charge in [-0.3, -0.25) is 4.79 Å². The molecule has 3 nitrogen and oxygen atoms in total. The van der Waals surface area contributed by atoms with Gasteiger partial charge in [0.25, 0.3) is 5.91 Å². The van der Waals surface area contributed by atoms with Crippen LogP contribution in [-0.2, 0) is 6.54 Å². The van der Waals surface area contributed by atoms with Gasteiger partial charge >= 0.3 is 0 Å². The smallest absolute Gasteiger partial charge is 0.258 e. The van der Waals surface area contributed by atoms with Gasteiger partial charge in [-0.2, -0.15) is 0 Å². The molecule has 0 spiro atoms. The van der Waals surface area contributed by atoms with Crippen molar-refractivity contribution >= 4 is 27.5 Å². The molecule has 2 rings (SSSR count). The summed E-state index contributed by atoms with van der Waals surface area (Å²) in [4.78, 5) is 14.1. The minimum atomic E-state index is -0.556. The molecule has 0 bridgehead atoms. The highest BCUT2D eigenvalue weighted by atomic mass is 79.9. The molecule has 1 N–H and O–H groups in total. The highest BCUT2D eigenvalue weighted by Crippen LogP contribution is 2.20. The maximum Gasteiger partial charge on any atom is 0.258 e. The number of hydrogen-bond donors (Lipinski definition) is 1. The molecule has 0 heterocycles. The van der Waals surface area contributed by atoms with Crippen molar-refractivity contribution in [2.24, 2.45) is 0 Å². The lowest BCUT2D eigenvalue weighted by atomic mass is 10.1. The lowest BCUT2D eigenvalue weighted by molar-refractivity contribution is 0.102. The van der Waals surface area contributed by atoms with Crippen molar-refractivity contribution in [2.45, 2.75) is 6.54 Å². The fourth-order valence-corrected chi connectivity index (χ4v) is 2.30. The zero-order valence-electron chi connectivity index (χ0n) is 11.9. The summed E-state index contributed by atoms with van der Waals surface area (Å²) in [7, 11) is 3.98. The van der Waals surface area contributed by atoms with Crippen molar-refractivity contribution in [2.75, 3.05) is 19.4 Å². The largest absolute Gasteiger partial charge is 0.322 e. The molecule has 0 saturated carbocycles.